The Hall–Kier alpha value is -8.86. The van der Waals surface area contributed by atoms with Gasteiger partial charge >= 0.3 is 17.9 Å². The number of imidazole rings is 1. The first-order valence-electron chi connectivity index (χ1n) is 27.9. The van der Waals surface area contributed by atoms with Crippen molar-refractivity contribution in [2.45, 2.75) is 198 Å². The summed E-state index contributed by atoms with van der Waals surface area (Å²) < 4.78 is 0. The minimum atomic E-state index is -2.00. The highest BCUT2D eigenvalue weighted by atomic mass is 16.4. The van der Waals surface area contributed by atoms with Crippen LogP contribution in [0.2, 0.25) is 0 Å². The number of nitrogens with zero attached hydrogens (tertiary/aromatic N) is 1. The second-order valence-corrected chi connectivity index (χ2v) is 21.1. The van der Waals surface area contributed by atoms with Crippen LogP contribution in [-0.4, -0.2) is 203 Å². The Bertz CT molecular complexity index is 2570. The number of carbonyl (C=O) groups is 15. The number of aliphatic carboxylic acids is 3. The molecule has 1 rings (SSSR count). The fraction of sp³-hybridized carbons (Fsp3) is 0.654. The monoisotopic (exact) mass is 1240 g/mol. The van der Waals surface area contributed by atoms with E-state index in [2.05, 4.69) is 63.1 Å². The number of aromatic nitrogens is 2. The molecule has 0 saturated carbocycles. The van der Waals surface area contributed by atoms with Gasteiger partial charge in [-0.2, -0.15) is 0 Å². The van der Waals surface area contributed by atoms with Gasteiger partial charge in [0.15, 0.2) is 0 Å². The van der Waals surface area contributed by atoms with E-state index in [9.17, 15) is 92.3 Å². The van der Waals surface area contributed by atoms with E-state index in [1.165, 1.54) is 40.2 Å². The summed E-state index contributed by atoms with van der Waals surface area (Å²) in [5.74, 6) is -18.3. The number of hydrogen-bond acceptors (Lipinski definition) is 19. The fourth-order valence-electron chi connectivity index (χ4n) is 8.11. The Kier molecular flexibility index (Phi) is 33.5. The van der Waals surface area contributed by atoms with E-state index < -0.39 is 219 Å². The van der Waals surface area contributed by atoms with Crippen LogP contribution in [0.1, 0.15) is 125 Å². The van der Waals surface area contributed by atoms with Gasteiger partial charge < -0.3 is 101 Å². The fourth-order valence-corrected chi connectivity index (χ4v) is 8.11. The second-order valence-electron chi connectivity index (χ2n) is 21.1. The van der Waals surface area contributed by atoms with Crippen LogP contribution in [0.25, 0.3) is 0 Å². The van der Waals surface area contributed by atoms with E-state index in [1.807, 2.05) is 0 Å². The molecule has 0 fully saturated rings. The molecule has 0 aliphatic carbocycles. The quantitative estimate of drug-likeness (QED) is 0.0271. The zero-order valence-corrected chi connectivity index (χ0v) is 49.5. The summed E-state index contributed by atoms with van der Waals surface area (Å²) in [6.07, 6.45) is -5.24. The van der Waals surface area contributed by atoms with E-state index in [1.54, 1.807) is 6.92 Å². The number of carboxylic acid groups (broad SMARTS) is 3. The maximum absolute atomic E-state index is 14.2. The third kappa shape index (κ3) is 28.7. The summed E-state index contributed by atoms with van der Waals surface area (Å²) >= 11 is 0. The third-order valence-corrected chi connectivity index (χ3v) is 13.3. The van der Waals surface area contributed by atoms with E-state index in [4.69, 9.17) is 22.3 Å². The van der Waals surface area contributed by atoms with Crippen LogP contribution in [-0.2, 0) is 78.3 Å². The van der Waals surface area contributed by atoms with Crippen molar-refractivity contribution in [2.75, 3.05) is 6.54 Å². The standard InChI is InChI=1S/C52H85N15O20/c1-8-24(4)40(49(83)67-42(26(6)69)51(85)60-30(11-9-10-18-57-27(7)70)45(79)64-39(23(2)3)52(86)87)65-46(80)32(14-16-36(55)72)61-50(84)41(25(5)68)66-48(82)33(19-28-21-56-22-58-28)63-44(78)31(13-15-35(54)71)59-47(81)34(20-38(75)76)62-43(77)29(53)12-17-37(73)74/h21-26,29-34,39-42,68-69H,8-20,53H2,1-7H3,(H2,54,71)(H2,55,72)(H,56,58)(H,57,70)(H,59,81)(H,60,85)(H,61,84)(H,62,77)(H,63,78)(H,64,79)(H,65,80)(H,66,82)(H,67,83)(H,73,74)(H,75,76)(H,86,87)/t24-,25+,26+,29-,30-,31-,32-,33-,34-,39-,40-,41-,42-/m0/s1. The Balaban J connectivity index is 3.60. The molecule has 1 aromatic rings. The highest BCUT2D eigenvalue weighted by Gasteiger charge is 2.39. The van der Waals surface area contributed by atoms with Crippen LogP contribution in [0, 0.1) is 11.8 Å². The van der Waals surface area contributed by atoms with E-state index in [0.29, 0.717) is 6.42 Å². The molecule has 12 amide bonds. The van der Waals surface area contributed by atoms with E-state index >= 15 is 0 Å². The van der Waals surface area contributed by atoms with Gasteiger partial charge in [-0.05, 0) is 64.2 Å². The molecule has 0 radical (unpaired) electrons. The first-order valence-corrected chi connectivity index (χ1v) is 27.9. The largest absolute Gasteiger partial charge is 0.481 e. The van der Waals surface area contributed by atoms with Gasteiger partial charge in [0.05, 0.1) is 31.0 Å². The van der Waals surface area contributed by atoms with Gasteiger partial charge in [-0.3, -0.25) is 67.1 Å². The normalized spacial score (nSPS) is 15.6. The number of carboxylic acids is 3. The minimum absolute atomic E-state index is 0.0861. The predicted octanol–water partition coefficient (Wildman–Crippen LogP) is -6.63. The first-order chi connectivity index (χ1) is 40.6. The summed E-state index contributed by atoms with van der Waals surface area (Å²) in [4.78, 5) is 201. The summed E-state index contributed by atoms with van der Waals surface area (Å²) in [6.45, 7) is 9.90. The van der Waals surface area contributed by atoms with Crippen molar-refractivity contribution >= 4 is 88.8 Å². The predicted molar refractivity (Wildman–Crippen MR) is 301 cm³/mol. The molecule has 0 aliphatic heterocycles. The molecular formula is C52H85N15O20. The smallest absolute Gasteiger partial charge is 0.326 e. The van der Waals surface area contributed by atoms with Crippen LogP contribution >= 0.6 is 0 Å². The van der Waals surface area contributed by atoms with Gasteiger partial charge in [-0.15, -0.1) is 0 Å². The SMILES string of the molecule is CC[C@H](C)[C@H](NC(=O)[C@H](CCC(N)=O)NC(=O)[C@@H](NC(=O)[C@H](Cc1cnc[nH]1)NC(=O)[C@H](CCC(N)=O)NC(=O)[C@H](CC(=O)O)NC(=O)[C@@H](N)CCC(=O)O)[C@@H](C)O)C(=O)N[C@H](C(=O)N[C@@H](CCCCNC(C)=O)C(=O)N[C@H](C(=O)O)C(C)C)[C@@H](C)O. The lowest BCUT2D eigenvalue weighted by molar-refractivity contribution is -0.144. The molecule has 35 heteroatoms. The number of nitrogens with two attached hydrogens (primary N) is 3. The van der Waals surface area contributed by atoms with Crippen molar-refractivity contribution in [1.82, 2.24) is 63.1 Å². The number of rotatable bonds is 42. The molecule has 0 spiro atoms. The Labute approximate surface area is 500 Å². The number of aliphatic hydroxyl groups is 2. The number of aromatic amines is 1. The van der Waals surface area contributed by atoms with E-state index in [-0.39, 0.29) is 37.4 Å². The number of primary amides is 2. The lowest BCUT2D eigenvalue weighted by atomic mass is 9.96. The summed E-state index contributed by atoms with van der Waals surface area (Å²) in [6, 6.07) is -17.0. The van der Waals surface area contributed by atoms with Gasteiger partial charge in [0, 0.05) is 51.0 Å². The molecule has 22 N–H and O–H groups in total. The zero-order valence-electron chi connectivity index (χ0n) is 49.5. The van der Waals surface area contributed by atoms with Crippen molar-refractivity contribution in [3.05, 3.63) is 18.2 Å². The highest BCUT2D eigenvalue weighted by Crippen LogP contribution is 2.14. The van der Waals surface area contributed by atoms with Gasteiger partial charge in [-0.25, -0.2) is 9.78 Å². The van der Waals surface area contributed by atoms with Crippen molar-refractivity contribution in [3.8, 4) is 0 Å². The van der Waals surface area contributed by atoms with Gasteiger partial charge in [-0.1, -0.05) is 34.1 Å². The van der Waals surface area contributed by atoms with Crippen LogP contribution in [0.4, 0.5) is 0 Å². The molecule has 0 unspecified atom stereocenters. The molecule has 87 heavy (non-hydrogen) atoms. The molecule has 0 bridgehead atoms. The van der Waals surface area contributed by atoms with Gasteiger partial charge in [0.1, 0.15) is 54.4 Å². The maximum atomic E-state index is 14.2. The number of carbonyl (C=O) groups excluding carboxylic acids is 12. The number of unbranched alkanes of at least 4 members (excludes halogenated alkanes) is 1. The second kappa shape index (κ2) is 38.2. The van der Waals surface area contributed by atoms with Crippen LogP contribution in [0.5, 0.6) is 0 Å². The molecule has 1 aromatic heterocycles. The van der Waals surface area contributed by atoms with Crippen molar-refractivity contribution in [3.63, 3.8) is 0 Å². The number of hydrogen-bond donors (Lipinski definition) is 19. The van der Waals surface area contributed by atoms with Gasteiger partial charge in [0.25, 0.3) is 0 Å². The average Bonchev–Trinajstić information content (AvgIpc) is 3.03. The number of amides is 12. The zero-order chi connectivity index (χ0) is 66.4. The molecular weight excluding hydrogens is 1150 g/mol. The number of nitrogens with one attached hydrogen (secondary N) is 11. The van der Waals surface area contributed by atoms with Crippen LogP contribution < -0.4 is 70.4 Å². The van der Waals surface area contributed by atoms with Gasteiger partial charge in [0.2, 0.25) is 70.9 Å². The van der Waals surface area contributed by atoms with Crippen molar-refractivity contribution in [1.29, 1.82) is 0 Å². The lowest BCUT2D eigenvalue weighted by Gasteiger charge is -2.30. The van der Waals surface area contributed by atoms with Crippen LogP contribution in [0.15, 0.2) is 12.5 Å². The van der Waals surface area contributed by atoms with E-state index in [0.717, 1.165) is 13.8 Å². The molecule has 0 aromatic carbocycles. The molecule has 488 valence electrons. The first kappa shape index (κ1) is 76.2. The molecule has 1 heterocycles. The van der Waals surface area contributed by atoms with Crippen LogP contribution in [0.3, 0.4) is 0 Å². The Morgan fingerprint density at radius 2 is 0.943 bits per heavy atom. The minimum Gasteiger partial charge on any atom is -0.481 e. The molecule has 35 nitrogen and oxygen atoms in total. The number of H-pyrrole nitrogens is 1. The lowest BCUT2D eigenvalue weighted by Crippen LogP contribution is -2.63. The van der Waals surface area contributed by atoms with Crippen molar-refractivity contribution in [2.24, 2.45) is 29.0 Å². The highest BCUT2D eigenvalue weighted by molar-refractivity contribution is 5.99. The number of aliphatic hydroxyl groups excluding tert-OH is 2. The maximum Gasteiger partial charge on any atom is 0.326 e. The summed E-state index contributed by atoms with van der Waals surface area (Å²) in [5, 5.41) is 73.4. The third-order valence-electron chi connectivity index (χ3n) is 13.3. The Morgan fingerprint density at radius 1 is 0.517 bits per heavy atom. The topological polar surface area (TPSA) is 584 Å². The average molecular weight is 1240 g/mol. The summed E-state index contributed by atoms with van der Waals surface area (Å²) in [5.41, 5.74) is 16.6. The molecule has 0 saturated heterocycles. The molecule has 0 aliphatic rings. The Morgan fingerprint density at radius 3 is 1.38 bits per heavy atom. The van der Waals surface area contributed by atoms with Crippen molar-refractivity contribution < 1.29 is 97.5 Å². The summed E-state index contributed by atoms with van der Waals surface area (Å²) in [7, 11) is 0. The molecule has 13 atom stereocenters.